The summed E-state index contributed by atoms with van der Waals surface area (Å²) in [4.78, 5) is 35.6. The van der Waals surface area contributed by atoms with Crippen LogP contribution in [-0.4, -0.2) is 47.9 Å². The Hall–Kier alpha value is -2.67. The van der Waals surface area contributed by atoms with Crippen molar-refractivity contribution in [2.75, 3.05) is 6.61 Å². The summed E-state index contributed by atoms with van der Waals surface area (Å²) in [7, 11) is 0. The molecule has 0 radical (unpaired) electrons. The van der Waals surface area contributed by atoms with Gasteiger partial charge in [-0.3, -0.25) is 4.79 Å². The van der Waals surface area contributed by atoms with Crippen LogP contribution in [0, 0.1) is 5.92 Å². The van der Waals surface area contributed by atoms with E-state index >= 15 is 0 Å². The van der Waals surface area contributed by atoms with Crippen LogP contribution in [0.5, 0.6) is 0 Å². The number of hydrogen-bond donors (Lipinski definition) is 1. The van der Waals surface area contributed by atoms with Gasteiger partial charge < -0.3 is 19.3 Å². The number of ether oxygens (including phenoxy) is 3. The Balaban J connectivity index is 2.29. The highest BCUT2D eigenvalue weighted by Gasteiger charge is 2.44. The summed E-state index contributed by atoms with van der Waals surface area (Å²) in [5, 5.41) is 10.3. The summed E-state index contributed by atoms with van der Waals surface area (Å²) >= 11 is 0. The van der Waals surface area contributed by atoms with Crippen LogP contribution in [0.1, 0.15) is 40.5 Å². The van der Waals surface area contributed by atoms with Gasteiger partial charge >= 0.3 is 17.9 Å². The van der Waals surface area contributed by atoms with Crippen molar-refractivity contribution in [1.82, 2.24) is 0 Å². The normalized spacial score (nSPS) is 29.8. The van der Waals surface area contributed by atoms with Gasteiger partial charge in [-0.1, -0.05) is 18.2 Å². The van der Waals surface area contributed by atoms with Gasteiger partial charge in [-0.05, 0) is 44.9 Å². The number of carbonyl (C=O) groups is 3. The van der Waals surface area contributed by atoms with Gasteiger partial charge in [0.1, 0.15) is 18.8 Å². The summed E-state index contributed by atoms with van der Waals surface area (Å²) in [6.07, 6.45) is 3.84. The first-order valence-electron chi connectivity index (χ1n) is 9.53. The lowest BCUT2D eigenvalue weighted by molar-refractivity contribution is -0.147. The highest BCUT2D eigenvalue weighted by molar-refractivity contribution is 5.92. The second kappa shape index (κ2) is 9.69. The Morgan fingerprint density at radius 2 is 2.03 bits per heavy atom. The van der Waals surface area contributed by atoms with Crippen molar-refractivity contribution in [3.8, 4) is 0 Å². The highest BCUT2D eigenvalue weighted by Crippen LogP contribution is 2.36. The number of hydrogen-bond acceptors (Lipinski definition) is 7. The molecule has 1 fully saturated rings. The number of aliphatic hydroxyl groups excluding tert-OH is 1. The van der Waals surface area contributed by atoms with Crippen LogP contribution in [0.25, 0.3) is 0 Å². The minimum absolute atomic E-state index is 0.0277. The van der Waals surface area contributed by atoms with Crippen LogP contribution in [0.4, 0.5) is 0 Å². The zero-order valence-corrected chi connectivity index (χ0v) is 17.3. The van der Waals surface area contributed by atoms with Crippen molar-refractivity contribution < 1.29 is 33.7 Å². The standard InChI is InChI=1S/C22H28O7/c1-12-6-7-17(24)14(3)11-19-20(15(4)22(26)29-19)18(10-12)28-21(25)13(2)8-9-27-16(5)23/h6,8,11,17-20,24H,4,7,9-10H2,1-3,5H3/b12-6+,13-8+,14-11?/t17-,18+,19+,20+/m0/s1. The molecule has 0 aromatic rings. The average molecular weight is 404 g/mol. The summed E-state index contributed by atoms with van der Waals surface area (Å²) in [6.45, 7) is 10.3. The fraction of sp³-hybridized carbons (Fsp3) is 0.500. The molecule has 1 heterocycles. The van der Waals surface area contributed by atoms with E-state index in [1.165, 1.54) is 13.0 Å². The number of aliphatic hydroxyl groups is 1. The third-order valence-corrected chi connectivity index (χ3v) is 5.08. The lowest BCUT2D eigenvalue weighted by Crippen LogP contribution is -2.34. The molecule has 0 saturated carbocycles. The van der Waals surface area contributed by atoms with Crippen molar-refractivity contribution in [1.29, 1.82) is 0 Å². The van der Waals surface area contributed by atoms with Crippen LogP contribution in [-0.2, 0) is 28.6 Å². The second-order valence-corrected chi connectivity index (χ2v) is 7.47. The van der Waals surface area contributed by atoms with Crippen molar-refractivity contribution in [3.05, 3.63) is 47.1 Å². The molecule has 7 heteroatoms. The summed E-state index contributed by atoms with van der Waals surface area (Å²) in [5.74, 6) is -2.11. The minimum Gasteiger partial charge on any atom is -0.462 e. The average Bonchev–Trinajstić information content (AvgIpc) is 2.91. The number of rotatable bonds is 4. The predicted octanol–water partition coefficient (Wildman–Crippen LogP) is 2.55. The van der Waals surface area contributed by atoms with E-state index in [-0.39, 0.29) is 12.2 Å². The van der Waals surface area contributed by atoms with Gasteiger partial charge in [-0.15, -0.1) is 0 Å². The van der Waals surface area contributed by atoms with Crippen LogP contribution in [0.3, 0.4) is 0 Å². The molecule has 2 aliphatic rings. The maximum Gasteiger partial charge on any atom is 0.334 e. The zero-order valence-electron chi connectivity index (χ0n) is 17.3. The summed E-state index contributed by atoms with van der Waals surface area (Å²) in [5.41, 5.74) is 2.13. The zero-order chi connectivity index (χ0) is 21.7. The molecule has 158 valence electrons. The predicted molar refractivity (Wildman–Crippen MR) is 106 cm³/mol. The molecule has 4 atom stereocenters. The Labute approximate surface area is 170 Å². The maximum absolute atomic E-state index is 12.6. The first-order chi connectivity index (χ1) is 13.6. The summed E-state index contributed by atoms with van der Waals surface area (Å²) < 4.78 is 16.0. The molecule has 29 heavy (non-hydrogen) atoms. The van der Waals surface area contributed by atoms with Crippen LogP contribution in [0.15, 0.2) is 47.1 Å². The van der Waals surface area contributed by atoms with Crippen molar-refractivity contribution >= 4 is 17.9 Å². The molecule has 7 nitrogen and oxygen atoms in total. The van der Waals surface area contributed by atoms with Crippen molar-refractivity contribution in [2.45, 2.75) is 58.8 Å². The lowest BCUT2D eigenvalue weighted by Gasteiger charge is -2.28. The molecule has 1 aliphatic heterocycles. The van der Waals surface area contributed by atoms with E-state index in [0.717, 1.165) is 5.57 Å². The molecule has 0 unspecified atom stereocenters. The van der Waals surface area contributed by atoms with Gasteiger partial charge in [0.2, 0.25) is 0 Å². The quantitative estimate of drug-likeness (QED) is 0.333. The molecule has 1 aliphatic carbocycles. The molecule has 0 aromatic heterocycles. The molecule has 0 aromatic carbocycles. The molecule has 0 amide bonds. The Morgan fingerprint density at radius 3 is 2.69 bits per heavy atom. The van der Waals surface area contributed by atoms with E-state index in [2.05, 4.69) is 6.58 Å². The van der Waals surface area contributed by atoms with Gasteiger partial charge in [0.05, 0.1) is 12.0 Å². The Bertz CT molecular complexity index is 787. The first-order valence-corrected chi connectivity index (χ1v) is 9.53. The van der Waals surface area contributed by atoms with Crippen molar-refractivity contribution in [2.24, 2.45) is 5.92 Å². The number of carbonyl (C=O) groups excluding carboxylic acids is 3. The molecular weight excluding hydrogens is 376 g/mol. The smallest absolute Gasteiger partial charge is 0.334 e. The van der Waals surface area contributed by atoms with Gasteiger partial charge in [0, 0.05) is 24.5 Å². The molecular formula is C22H28O7. The fourth-order valence-electron chi connectivity index (χ4n) is 3.29. The van der Waals surface area contributed by atoms with Crippen LogP contribution >= 0.6 is 0 Å². The van der Waals surface area contributed by atoms with E-state index in [1.807, 2.05) is 13.0 Å². The van der Waals surface area contributed by atoms with Gasteiger partial charge in [0.15, 0.2) is 0 Å². The number of esters is 3. The van der Waals surface area contributed by atoms with Gasteiger partial charge in [-0.25, -0.2) is 9.59 Å². The summed E-state index contributed by atoms with van der Waals surface area (Å²) in [6, 6.07) is 0. The second-order valence-electron chi connectivity index (χ2n) is 7.47. The fourth-order valence-corrected chi connectivity index (χ4v) is 3.29. The molecule has 0 bridgehead atoms. The topological polar surface area (TPSA) is 99.1 Å². The third kappa shape index (κ3) is 5.90. The monoisotopic (exact) mass is 404 g/mol. The molecule has 2 rings (SSSR count). The van der Waals surface area contributed by atoms with Crippen LogP contribution < -0.4 is 0 Å². The number of fused-ring (bicyclic) bond motifs is 1. The van der Waals surface area contributed by atoms with Crippen molar-refractivity contribution in [3.63, 3.8) is 0 Å². The minimum atomic E-state index is -0.677. The van der Waals surface area contributed by atoms with E-state index in [1.54, 1.807) is 19.9 Å². The van der Waals surface area contributed by atoms with E-state index in [0.29, 0.717) is 24.0 Å². The molecule has 1 N–H and O–H groups in total. The SMILES string of the molecule is C=C1C(=O)O[C@@H]2C=C(C)[C@@H](O)C/C=C(\C)C[C@@H](OC(=O)/C(C)=C/COC(C)=O)[C@@H]12. The Morgan fingerprint density at radius 1 is 1.34 bits per heavy atom. The highest BCUT2D eigenvalue weighted by atomic mass is 16.6. The largest absolute Gasteiger partial charge is 0.462 e. The van der Waals surface area contributed by atoms with E-state index in [4.69, 9.17) is 14.2 Å². The van der Waals surface area contributed by atoms with Crippen LogP contribution in [0.2, 0.25) is 0 Å². The van der Waals surface area contributed by atoms with Gasteiger partial charge in [0.25, 0.3) is 0 Å². The first kappa shape index (κ1) is 22.6. The Kier molecular flexibility index (Phi) is 7.56. The van der Waals surface area contributed by atoms with E-state index < -0.39 is 42.1 Å². The van der Waals surface area contributed by atoms with Gasteiger partial charge in [-0.2, -0.15) is 0 Å². The molecule has 0 spiro atoms. The van der Waals surface area contributed by atoms with E-state index in [9.17, 15) is 19.5 Å². The lowest BCUT2D eigenvalue weighted by atomic mass is 9.85. The maximum atomic E-state index is 12.6. The molecule has 1 saturated heterocycles. The third-order valence-electron chi connectivity index (χ3n) is 5.08.